The van der Waals surface area contributed by atoms with E-state index >= 15 is 0 Å². The number of fused-ring (bicyclic) bond motifs is 1. The number of alkyl carbamates (subject to hydrolysis) is 1. The first-order chi connectivity index (χ1) is 25.1. The van der Waals surface area contributed by atoms with E-state index < -0.39 is 77.4 Å². The monoisotopic (exact) mass is 756 g/mol. The average molecular weight is 757 g/mol. The van der Waals surface area contributed by atoms with E-state index in [1.165, 1.54) is 7.11 Å². The number of aromatic amines is 1. The van der Waals surface area contributed by atoms with E-state index in [0.717, 1.165) is 16.5 Å². The lowest BCUT2D eigenvalue weighted by atomic mass is 9.97. The van der Waals surface area contributed by atoms with Gasteiger partial charge in [0, 0.05) is 23.5 Å². The van der Waals surface area contributed by atoms with Crippen molar-refractivity contribution < 1.29 is 38.2 Å². The highest BCUT2D eigenvalue weighted by Crippen LogP contribution is 2.20. The second-order valence-electron chi connectivity index (χ2n) is 16.6. The van der Waals surface area contributed by atoms with Crippen LogP contribution < -0.4 is 26.6 Å². The summed E-state index contributed by atoms with van der Waals surface area (Å²) in [5.74, 6) is -3.33. The van der Waals surface area contributed by atoms with Gasteiger partial charge in [-0.2, -0.15) is 0 Å². The zero-order valence-electron chi connectivity index (χ0n) is 34.2. The van der Waals surface area contributed by atoms with Crippen molar-refractivity contribution >= 4 is 46.6 Å². The van der Waals surface area contributed by atoms with Crippen LogP contribution in [0.15, 0.2) is 30.5 Å². The summed E-state index contributed by atoms with van der Waals surface area (Å²) >= 11 is 0. The molecular weight excluding hydrogens is 692 g/mol. The van der Waals surface area contributed by atoms with E-state index in [-0.39, 0.29) is 37.0 Å². The molecule has 2 rings (SSSR count). The van der Waals surface area contributed by atoms with Gasteiger partial charge in [-0.05, 0) is 75.3 Å². The normalized spacial score (nSPS) is 14.6. The summed E-state index contributed by atoms with van der Waals surface area (Å²) in [7, 11) is 1.25. The molecular formula is C40H64N6O8. The lowest BCUT2D eigenvalue weighted by molar-refractivity contribution is -0.145. The number of rotatable bonds is 19. The van der Waals surface area contributed by atoms with Crippen molar-refractivity contribution in [2.24, 2.45) is 23.7 Å². The van der Waals surface area contributed by atoms with Crippen LogP contribution in [0.25, 0.3) is 10.9 Å². The number of hydrogen-bond donors (Lipinski definition) is 6. The molecule has 1 aromatic heterocycles. The molecule has 0 aliphatic heterocycles. The van der Waals surface area contributed by atoms with Crippen LogP contribution in [0.3, 0.4) is 0 Å². The molecule has 14 heteroatoms. The minimum absolute atomic E-state index is 0.0131. The lowest BCUT2D eigenvalue weighted by Crippen LogP contribution is -2.60. The third-order valence-electron chi connectivity index (χ3n) is 8.54. The van der Waals surface area contributed by atoms with Gasteiger partial charge in [0.15, 0.2) is 0 Å². The SMILES string of the molecule is COC(=O)[C@@H](Cc1c[nH]c2ccccc12)NC(=O)[C@H](CC(C)C)NC(=O)[C@@H](NC(=O)[C@H](CC(C)C)NC(=O)[C@H](CC(C)C)NC(=O)OC(C)(C)C)C(C)C. The summed E-state index contributed by atoms with van der Waals surface area (Å²) in [4.78, 5) is 83.7. The quantitative estimate of drug-likeness (QED) is 0.113. The minimum Gasteiger partial charge on any atom is -0.467 e. The molecule has 0 aliphatic carbocycles. The zero-order valence-corrected chi connectivity index (χ0v) is 34.2. The molecule has 0 bridgehead atoms. The molecule has 0 unspecified atom stereocenters. The maximum absolute atomic E-state index is 13.9. The molecule has 14 nitrogen and oxygen atoms in total. The molecule has 302 valence electrons. The Kier molecular flexibility index (Phi) is 17.5. The minimum atomic E-state index is -1.07. The van der Waals surface area contributed by atoms with Gasteiger partial charge in [0.25, 0.3) is 0 Å². The van der Waals surface area contributed by atoms with E-state index in [2.05, 4.69) is 31.6 Å². The number of esters is 1. The van der Waals surface area contributed by atoms with Crippen LogP contribution in [0.5, 0.6) is 0 Å². The zero-order chi connectivity index (χ0) is 40.9. The molecule has 2 aromatic rings. The predicted molar refractivity (Wildman–Crippen MR) is 208 cm³/mol. The fourth-order valence-electron chi connectivity index (χ4n) is 6.01. The Morgan fingerprint density at radius 3 is 1.59 bits per heavy atom. The number of carbonyl (C=O) groups excluding carboxylic acids is 6. The smallest absolute Gasteiger partial charge is 0.408 e. The molecule has 6 N–H and O–H groups in total. The number of benzene rings is 1. The maximum atomic E-state index is 13.9. The predicted octanol–water partition coefficient (Wildman–Crippen LogP) is 4.51. The first kappa shape index (κ1) is 45.5. The van der Waals surface area contributed by atoms with Crippen LogP contribution in [-0.2, 0) is 39.9 Å². The third kappa shape index (κ3) is 15.0. The largest absolute Gasteiger partial charge is 0.467 e. The molecule has 1 heterocycles. The summed E-state index contributed by atoms with van der Waals surface area (Å²) in [5.41, 5.74) is 0.926. The van der Waals surface area contributed by atoms with E-state index in [1.807, 2.05) is 65.8 Å². The summed E-state index contributed by atoms with van der Waals surface area (Å²) in [6.45, 7) is 20.1. The molecule has 0 fully saturated rings. The van der Waals surface area contributed by atoms with Crippen molar-refractivity contribution in [1.29, 1.82) is 0 Å². The molecule has 1 aromatic carbocycles. The molecule has 0 aliphatic rings. The third-order valence-corrected chi connectivity index (χ3v) is 8.54. The highest BCUT2D eigenvalue weighted by Gasteiger charge is 2.35. The van der Waals surface area contributed by atoms with Crippen molar-refractivity contribution in [2.45, 2.75) is 138 Å². The Bertz CT molecular complexity index is 1580. The molecule has 5 atom stereocenters. The first-order valence-corrected chi connectivity index (χ1v) is 19.0. The summed E-state index contributed by atoms with van der Waals surface area (Å²) < 4.78 is 10.4. The standard InChI is InChI=1S/C40H64N6O8/c1-22(2)17-29(34(47)44-32(38(51)53-12)20-26-21-41-28-16-14-13-15-27(26)28)43-37(50)33(25(7)8)46-36(49)30(18-23(3)4)42-35(48)31(19-24(5)6)45-39(52)54-40(9,10)11/h13-16,21-25,29-33,41H,17-20H2,1-12H3,(H,42,48)(H,43,50)(H,44,47)(H,45,52)(H,46,49)/t29-,30-,31-,32+,33-/m0/s1. The van der Waals surface area contributed by atoms with E-state index in [1.54, 1.807) is 40.8 Å². The van der Waals surface area contributed by atoms with E-state index in [0.29, 0.717) is 6.42 Å². The van der Waals surface area contributed by atoms with Gasteiger partial charge in [-0.1, -0.05) is 73.6 Å². The average Bonchev–Trinajstić information content (AvgIpc) is 3.46. The van der Waals surface area contributed by atoms with Gasteiger partial charge in [0.2, 0.25) is 23.6 Å². The van der Waals surface area contributed by atoms with Crippen molar-refractivity contribution in [3.63, 3.8) is 0 Å². The topological polar surface area (TPSA) is 197 Å². The van der Waals surface area contributed by atoms with Crippen LogP contribution in [0, 0.1) is 23.7 Å². The molecule has 0 spiro atoms. The van der Waals surface area contributed by atoms with Crippen LogP contribution in [0.2, 0.25) is 0 Å². The molecule has 0 saturated heterocycles. The number of aromatic nitrogens is 1. The second-order valence-corrected chi connectivity index (χ2v) is 16.6. The molecule has 54 heavy (non-hydrogen) atoms. The fourth-order valence-corrected chi connectivity index (χ4v) is 6.01. The lowest BCUT2D eigenvalue weighted by Gasteiger charge is -2.30. The fraction of sp³-hybridized carbons (Fsp3) is 0.650. The summed E-state index contributed by atoms with van der Waals surface area (Å²) in [6, 6.07) is 2.48. The number of H-pyrrole nitrogens is 1. The van der Waals surface area contributed by atoms with Crippen LogP contribution >= 0.6 is 0 Å². The van der Waals surface area contributed by atoms with Gasteiger partial charge >= 0.3 is 12.1 Å². The van der Waals surface area contributed by atoms with E-state index in [9.17, 15) is 28.8 Å². The van der Waals surface area contributed by atoms with Gasteiger partial charge in [-0.15, -0.1) is 0 Å². The number of methoxy groups -OCH3 is 1. The Morgan fingerprint density at radius 1 is 0.648 bits per heavy atom. The van der Waals surface area contributed by atoms with Gasteiger partial charge in [-0.3, -0.25) is 19.2 Å². The second kappa shape index (κ2) is 20.7. The maximum Gasteiger partial charge on any atom is 0.408 e. The van der Waals surface area contributed by atoms with Crippen molar-refractivity contribution in [1.82, 2.24) is 31.6 Å². The number of para-hydroxylation sites is 1. The number of ether oxygens (including phenoxy) is 2. The van der Waals surface area contributed by atoms with Crippen LogP contribution in [0.4, 0.5) is 4.79 Å². The van der Waals surface area contributed by atoms with Crippen LogP contribution in [-0.4, -0.2) is 83.6 Å². The van der Waals surface area contributed by atoms with Gasteiger partial charge < -0.3 is 41.0 Å². The highest BCUT2D eigenvalue weighted by atomic mass is 16.6. The van der Waals surface area contributed by atoms with Crippen molar-refractivity contribution in [3.05, 3.63) is 36.0 Å². The van der Waals surface area contributed by atoms with Gasteiger partial charge in [-0.25, -0.2) is 9.59 Å². The number of hydrogen-bond acceptors (Lipinski definition) is 8. The number of carbonyl (C=O) groups is 6. The van der Waals surface area contributed by atoms with E-state index in [4.69, 9.17) is 9.47 Å². The summed E-state index contributed by atoms with van der Waals surface area (Å²) in [6.07, 6.45) is 2.01. The number of amides is 5. The van der Waals surface area contributed by atoms with Crippen molar-refractivity contribution in [2.75, 3.05) is 7.11 Å². The first-order valence-electron chi connectivity index (χ1n) is 19.0. The van der Waals surface area contributed by atoms with Gasteiger partial charge in [0.1, 0.15) is 35.8 Å². The summed E-state index contributed by atoms with van der Waals surface area (Å²) in [5, 5.41) is 14.7. The Morgan fingerprint density at radius 2 is 1.11 bits per heavy atom. The van der Waals surface area contributed by atoms with Crippen LogP contribution in [0.1, 0.15) is 101 Å². The number of nitrogens with one attached hydrogen (secondary N) is 6. The Balaban J connectivity index is 2.26. The molecule has 5 amide bonds. The molecule has 0 saturated carbocycles. The highest BCUT2D eigenvalue weighted by molar-refractivity contribution is 5.96. The Labute approximate surface area is 320 Å². The Hall–Kier alpha value is -4.62. The van der Waals surface area contributed by atoms with Gasteiger partial charge in [0.05, 0.1) is 7.11 Å². The van der Waals surface area contributed by atoms with Crippen molar-refractivity contribution in [3.8, 4) is 0 Å². The molecule has 0 radical (unpaired) electrons.